The Morgan fingerprint density at radius 2 is 1.55 bits per heavy atom. The van der Waals surface area contributed by atoms with Gasteiger partial charge in [0.05, 0.1) is 11.6 Å². The van der Waals surface area contributed by atoms with E-state index in [9.17, 15) is 9.59 Å². The quantitative estimate of drug-likeness (QED) is 0.442. The average molecular weight is 421 g/mol. The molecule has 29 heavy (non-hydrogen) atoms. The van der Waals surface area contributed by atoms with Crippen LogP contribution in [0.3, 0.4) is 0 Å². The molecule has 1 heterocycles. The molecule has 4 rings (SSSR count). The van der Waals surface area contributed by atoms with Crippen molar-refractivity contribution in [2.75, 3.05) is 11.9 Å². The maximum absolute atomic E-state index is 12.5. The molecule has 0 bridgehead atoms. The van der Waals surface area contributed by atoms with Gasteiger partial charge in [0.2, 0.25) is 5.91 Å². The van der Waals surface area contributed by atoms with Gasteiger partial charge in [0.1, 0.15) is 4.88 Å². The van der Waals surface area contributed by atoms with Crippen LogP contribution in [0.5, 0.6) is 0 Å². The molecule has 0 aliphatic heterocycles. The first-order chi connectivity index (χ1) is 14.1. The number of fused-ring (bicyclic) bond motifs is 1. The summed E-state index contributed by atoms with van der Waals surface area (Å²) < 4.78 is 0.934. The Morgan fingerprint density at radius 1 is 0.862 bits per heavy atom. The van der Waals surface area contributed by atoms with Gasteiger partial charge < -0.3 is 10.6 Å². The minimum absolute atomic E-state index is 0.146. The third-order valence-electron chi connectivity index (χ3n) is 4.44. The summed E-state index contributed by atoms with van der Waals surface area (Å²) in [7, 11) is 0. The maximum atomic E-state index is 12.5. The maximum Gasteiger partial charge on any atom is 0.263 e. The molecule has 1 aromatic heterocycles. The molecule has 6 heteroatoms. The van der Waals surface area contributed by atoms with Gasteiger partial charge in [-0.05, 0) is 17.7 Å². The van der Waals surface area contributed by atoms with Crippen molar-refractivity contribution in [3.8, 4) is 11.1 Å². The summed E-state index contributed by atoms with van der Waals surface area (Å²) in [4.78, 5) is 25.4. The lowest BCUT2D eigenvalue weighted by Crippen LogP contribution is -2.32. The van der Waals surface area contributed by atoms with Crippen molar-refractivity contribution in [2.45, 2.75) is 0 Å². The van der Waals surface area contributed by atoms with Gasteiger partial charge in [0.25, 0.3) is 5.91 Å². The first-order valence-electron chi connectivity index (χ1n) is 9.03. The Bertz CT molecular complexity index is 1190. The van der Waals surface area contributed by atoms with E-state index in [0.717, 1.165) is 21.2 Å². The molecule has 0 saturated carbocycles. The van der Waals surface area contributed by atoms with E-state index in [1.165, 1.54) is 11.3 Å². The average Bonchev–Trinajstić information content (AvgIpc) is 3.10. The number of benzene rings is 3. The second kappa shape index (κ2) is 8.47. The lowest BCUT2D eigenvalue weighted by atomic mass is 10.0. The smallest absolute Gasteiger partial charge is 0.263 e. The first kappa shape index (κ1) is 19.2. The van der Waals surface area contributed by atoms with E-state index < -0.39 is 0 Å². The zero-order chi connectivity index (χ0) is 20.2. The number of carbonyl (C=O) groups excluding carboxylic acids is 2. The van der Waals surface area contributed by atoms with Gasteiger partial charge in [-0.1, -0.05) is 78.3 Å². The molecule has 0 aliphatic carbocycles. The fourth-order valence-corrected chi connectivity index (χ4v) is 4.49. The molecule has 0 unspecified atom stereocenters. The van der Waals surface area contributed by atoms with Gasteiger partial charge in [0, 0.05) is 21.3 Å². The van der Waals surface area contributed by atoms with E-state index in [0.29, 0.717) is 15.6 Å². The van der Waals surface area contributed by atoms with Gasteiger partial charge in [0.15, 0.2) is 0 Å². The molecule has 2 amide bonds. The fourth-order valence-electron chi connectivity index (χ4n) is 3.06. The molecule has 0 saturated heterocycles. The molecule has 4 nitrogen and oxygen atoms in total. The van der Waals surface area contributed by atoms with Gasteiger partial charge >= 0.3 is 0 Å². The first-order valence-corrected chi connectivity index (χ1v) is 10.2. The zero-order valence-corrected chi connectivity index (χ0v) is 16.9. The number of amides is 2. The number of thiophene rings is 1. The van der Waals surface area contributed by atoms with Crippen LogP contribution >= 0.6 is 22.9 Å². The molecular weight excluding hydrogens is 404 g/mol. The van der Waals surface area contributed by atoms with Crippen molar-refractivity contribution >= 4 is 50.5 Å². The molecule has 3 aromatic carbocycles. The second-order valence-corrected chi connectivity index (χ2v) is 7.81. The largest absolute Gasteiger partial charge is 0.342 e. The van der Waals surface area contributed by atoms with Crippen LogP contribution in [-0.2, 0) is 4.79 Å². The highest BCUT2D eigenvalue weighted by atomic mass is 35.5. The standard InChI is InChI=1S/C23H17ClN2O2S/c24-21-17-11-5-7-13-19(17)29-22(21)23(28)25-14-20(27)26-18-12-6-4-10-16(18)15-8-2-1-3-9-15/h1-13H,14H2,(H,25,28)(H,26,27). The minimum Gasteiger partial charge on any atom is -0.342 e. The van der Waals surface area contributed by atoms with Crippen molar-refractivity contribution in [3.05, 3.63) is 88.8 Å². The van der Waals surface area contributed by atoms with E-state index >= 15 is 0 Å². The summed E-state index contributed by atoms with van der Waals surface area (Å²) in [6.45, 7) is -0.146. The van der Waals surface area contributed by atoms with Crippen LogP contribution in [0, 0.1) is 0 Å². The topological polar surface area (TPSA) is 58.2 Å². The predicted octanol–water partition coefficient (Wildman–Crippen LogP) is 5.59. The van der Waals surface area contributed by atoms with Crippen molar-refractivity contribution in [2.24, 2.45) is 0 Å². The SMILES string of the molecule is O=C(CNC(=O)c1sc2ccccc2c1Cl)Nc1ccccc1-c1ccccc1. The number of halogens is 1. The highest BCUT2D eigenvalue weighted by Gasteiger charge is 2.17. The Hall–Kier alpha value is -3.15. The van der Waals surface area contributed by atoms with Crippen molar-refractivity contribution in [3.63, 3.8) is 0 Å². The summed E-state index contributed by atoms with van der Waals surface area (Å²) in [5.74, 6) is -0.665. The van der Waals surface area contributed by atoms with Crippen LogP contribution in [-0.4, -0.2) is 18.4 Å². The molecular formula is C23H17ClN2O2S. The lowest BCUT2D eigenvalue weighted by molar-refractivity contribution is -0.115. The van der Waals surface area contributed by atoms with E-state index in [1.807, 2.05) is 78.9 Å². The van der Waals surface area contributed by atoms with Gasteiger partial charge in [-0.15, -0.1) is 11.3 Å². The number of rotatable bonds is 5. The van der Waals surface area contributed by atoms with Crippen molar-refractivity contribution < 1.29 is 9.59 Å². The van der Waals surface area contributed by atoms with Crippen LogP contribution in [0.4, 0.5) is 5.69 Å². The van der Waals surface area contributed by atoms with E-state index in [1.54, 1.807) is 0 Å². The number of para-hydroxylation sites is 1. The normalized spacial score (nSPS) is 10.7. The highest BCUT2D eigenvalue weighted by molar-refractivity contribution is 7.21. The third-order valence-corrected chi connectivity index (χ3v) is 6.11. The molecule has 4 aromatic rings. The number of nitrogens with one attached hydrogen (secondary N) is 2. The monoisotopic (exact) mass is 420 g/mol. The number of carbonyl (C=O) groups is 2. The highest BCUT2D eigenvalue weighted by Crippen LogP contribution is 2.35. The van der Waals surface area contributed by atoms with Crippen LogP contribution in [0.2, 0.25) is 5.02 Å². The summed E-state index contributed by atoms with van der Waals surface area (Å²) in [5.41, 5.74) is 2.61. The molecule has 2 N–H and O–H groups in total. The third kappa shape index (κ3) is 4.16. The van der Waals surface area contributed by atoms with Crippen LogP contribution < -0.4 is 10.6 Å². The van der Waals surface area contributed by atoms with E-state index in [4.69, 9.17) is 11.6 Å². The van der Waals surface area contributed by atoms with Crippen LogP contribution in [0.25, 0.3) is 21.2 Å². The summed E-state index contributed by atoms with van der Waals surface area (Å²) in [5, 5.41) is 6.78. The molecule has 144 valence electrons. The summed E-state index contributed by atoms with van der Waals surface area (Å²) >= 11 is 7.65. The Kier molecular flexibility index (Phi) is 5.60. The molecule has 0 fully saturated rings. The number of hydrogen-bond donors (Lipinski definition) is 2. The minimum atomic E-state index is -0.359. The molecule has 0 atom stereocenters. The zero-order valence-electron chi connectivity index (χ0n) is 15.3. The molecule has 0 radical (unpaired) electrons. The Balaban J connectivity index is 1.44. The van der Waals surface area contributed by atoms with Gasteiger partial charge in [-0.3, -0.25) is 9.59 Å². The number of hydrogen-bond acceptors (Lipinski definition) is 3. The number of anilines is 1. The summed E-state index contributed by atoms with van der Waals surface area (Å²) in [6.07, 6.45) is 0. The predicted molar refractivity (Wildman–Crippen MR) is 120 cm³/mol. The van der Waals surface area contributed by atoms with Crippen LogP contribution in [0.15, 0.2) is 78.9 Å². The Morgan fingerprint density at radius 3 is 2.34 bits per heavy atom. The van der Waals surface area contributed by atoms with E-state index in [-0.39, 0.29) is 18.4 Å². The summed E-state index contributed by atoms with van der Waals surface area (Å²) in [6, 6.07) is 24.9. The van der Waals surface area contributed by atoms with Gasteiger partial charge in [-0.2, -0.15) is 0 Å². The van der Waals surface area contributed by atoms with Crippen molar-refractivity contribution in [1.29, 1.82) is 0 Å². The van der Waals surface area contributed by atoms with Crippen molar-refractivity contribution in [1.82, 2.24) is 5.32 Å². The fraction of sp³-hybridized carbons (Fsp3) is 0.0435. The Labute approximate surface area is 177 Å². The van der Waals surface area contributed by atoms with Gasteiger partial charge in [-0.25, -0.2) is 0 Å². The molecule has 0 spiro atoms. The second-order valence-electron chi connectivity index (χ2n) is 6.38. The van der Waals surface area contributed by atoms with E-state index in [2.05, 4.69) is 10.6 Å². The molecule has 0 aliphatic rings. The van der Waals surface area contributed by atoms with Crippen LogP contribution in [0.1, 0.15) is 9.67 Å². The lowest BCUT2D eigenvalue weighted by Gasteiger charge is -2.11.